The molecule has 1 aromatic carbocycles. The fourth-order valence-electron chi connectivity index (χ4n) is 2.13. The summed E-state index contributed by atoms with van der Waals surface area (Å²) in [6, 6.07) is 9.96. The highest BCUT2D eigenvalue weighted by Crippen LogP contribution is 2.23. The van der Waals surface area contributed by atoms with Gasteiger partial charge in [0.05, 0.1) is 6.42 Å². The molecule has 0 saturated carbocycles. The van der Waals surface area contributed by atoms with Crippen LogP contribution in [0.1, 0.15) is 18.9 Å². The Morgan fingerprint density at radius 2 is 2.12 bits per heavy atom. The fourth-order valence-corrected chi connectivity index (χ4v) is 2.74. The van der Waals surface area contributed by atoms with Gasteiger partial charge >= 0.3 is 0 Å². The number of hydrogen-bond acceptors (Lipinski definition) is 1. The average molecular weight is 296 g/mol. The van der Waals surface area contributed by atoms with E-state index in [4.69, 9.17) is 0 Å². The third kappa shape index (κ3) is 3.32. The van der Waals surface area contributed by atoms with Crippen LogP contribution in [0.25, 0.3) is 0 Å². The Hall–Kier alpha value is -0.830. The minimum atomic E-state index is 0.243. The summed E-state index contributed by atoms with van der Waals surface area (Å²) in [5.41, 5.74) is 1.10. The molecular formula is C14H18BrNO. The summed E-state index contributed by atoms with van der Waals surface area (Å²) < 4.78 is 0. The van der Waals surface area contributed by atoms with E-state index in [1.165, 1.54) is 0 Å². The van der Waals surface area contributed by atoms with E-state index < -0.39 is 0 Å². The van der Waals surface area contributed by atoms with E-state index in [0.717, 1.165) is 25.1 Å². The Bertz CT molecular complexity index is 379. The minimum Gasteiger partial charge on any atom is -0.341 e. The van der Waals surface area contributed by atoms with E-state index in [0.29, 0.717) is 17.2 Å². The molecule has 92 valence electrons. The normalized spacial score (nSPS) is 24.7. The lowest BCUT2D eigenvalue weighted by Gasteiger charge is -2.34. The highest BCUT2D eigenvalue weighted by Gasteiger charge is 2.26. The van der Waals surface area contributed by atoms with Gasteiger partial charge in [0.2, 0.25) is 5.91 Å². The van der Waals surface area contributed by atoms with E-state index in [-0.39, 0.29) is 5.91 Å². The average Bonchev–Trinajstić information content (AvgIpc) is 2.34. The van der Waals surface area contributed by atoms with E-state index in [9.17, 15) is 4.79 Å². The first kappa shape index (κ1) is 12.6. The molecule has 2 rings (SSSR count). The molecule has 17 heavy (non-hydrogen) atoms. The molecule has 1 heterocycles. The maximum atomic E-state index is 12.1. The van der Waals surface area contributed by atoms with Crippen LogP contribution in [0.2, 0.25) is 0 Å². The molecule has 0 radical (unpaired) electrons. The number of benzene rings is 1. The minimum absolute atomic E-state index is 0.243. The zero-order valence-electron chi connectivity index (χ0n) is 10.1. The van der Waals surface area contributed by atoms with Crippen molar-refractivity contribution in [2.24, 2.45) is 5.92 Å². The number of hydrogen-bond donors (Lipinski definition) is 0. The van der Waals surface area contributed by atoms with Crippen molar-refractivity contribution >= 4 is 21.8 Å². The first-order valence-corrected chi connectivity index (χ1v) is 7.04. The smallest absolute Gasteiger partial charge is 0.227 e. The number of nitrogens with zero attached hydrogens (tertiary/aromatic N) is 1. The van der Waals surface area contributed by atoms with Gasteiger partial charge in [0.1, 0.15) is 0 Å². The summed E-state index contributed by atoms with van der Waals surface area (Å²) in [4.78, 5) is 14.5. The second kappa shape index (κ2) is 5.67. The van der Waals surface area contributed by atoms with Crippen molar-refractivity contribution in [2.75, 3.05) is 13.1 Å². The topological polar surface area (TPSA) is 20.3 Å². The second-order valence-corrected chi connectivity index (χ2v) is 5.96. The lowest BCUT2D eigenvalue weighted by Crippen LogP contribution is -2.44. The molecule has 1 saturated heterocycles. The molecule has 2 atom stereocenters. The van der Waals surface area contributed by atoms with Crippen LogP contribution in [0.15, 0.2) is 30.3 Å². The van der Waals surface area contributed by atoms with E-state index in [1.807, 2.05) is 35.2 Å². The Kier molecular flexibility index (Phi) is 4.21. The summed E-state index contributed by atoms with van der Waals surface area (Å²) in [6.07, 6.45) is 1.62. The summed E-state index contributed by atoms with van der Waals surface area (Å²) in [7, 11) is 0. The molecule has 1 aliphatic rings. The first-order chi connectivity index (χ1) is 8.16. The van der Waals surface area contributed by atoms with Crippen LogP contribution in [0, 0.1) is 5.92 Å². The molecule has 0 N–H and O–H groups in total. The molecule has 1 amide bonds. The molecular weight excluding hydrogens is 278 g/mol. The van der Waals surface area contributed by atoms with Gasteiger partial charge in [0.25, 0.3) is 0 Å². The van der Waals surface area contributed by atoms with Crippen LogP contribution in [0.3, 0.4) is 0 Å². The number of alkyl halides is 1. The van der Waals surface area contributed by atoms with E-state index in [2.05, 4.69) is 22.9 Å². The Balaban J connectivity index is 1.93. The molecule has 1 fully saturated rings. The molecule has 0 bridgehead atoms. The zero-order chi connectivity index (χ0) is 12.3. The van der Waals surface area contributed by atoms with Gasteiger partial charge in [-0.15, -0.1) is 0 Å². The van der Waals surface area contributed by atoms with Gasteiger partial charge in [0, 0.05) is 17.9 Å². The Morgan fingerprint density at radius 3 is 2.76 bits per heavy atom. The van der Waals surface area contributed by atoms with Crippen LogP contribution >= 0.6 is 15.9 Å². The first-order valence-electron chi connectivity index (χ1n) is 6.12. The van der Waals surface area contributed by atoms with Gasteiger partial charge in [0.15, 0.2) is 0 Å². The summed E-state index contributed by atoms with van der Waals surface area (Å²) in [5, 5.41) is 0. The number of carbonyl (C=O) groups is 1. The van der Waals surface area contributed by atoms with Crippen molar-refractivity contribution in [3.8, 4) is 0 Å². The third-order valence-electron chi connectivity index (χ3n) is 3.42. The molecule has 2 nitrogen and oxygen atoms in total. The number of amides is 1. The van der Waals surface area contributed by atoms with Crippen molar-refractivity contribution in [1.82, 2.24) is 4.90 Å². The molecule has 0 aliphatic carbocycles. The zero-order valence-corrected chi connectivity index (χ0v) is 11.7. The SMILES string of the molecule is CC1CCN(C(=O)Cc2ccccc2)CC1Br. The van der Waals surface area contributed by atoms with E-state index >= 15 is 0 Å². The second-order valence-electron chi connectivity index (χ2n) is 4.78. The van der Waals surface area contributed by atoms with Crippen molar-refractivity contribution in [2.45, 2.75) is 24.6 Å². The summed E-state index contributed by atoms with van der Waals surface area (Å²) >= 11 is 3.65. The third-order valence-corrected chi connectivity index (χ3v) is 4.61. The summed E-state index contributed by atoms with van der Waals surface area (Å²) in [5.74, 6) is 0.906. The number of likely N-dealkylation sites (tertiary alicyclic amines) is 1. The van der Waals surface area contributed by atoms with Crippen LogP contribution in [0.5, 0.6) is 0 Å². The van der Waals surface area contributed by atoms with Crippen LogP contribution in [-0.2, 0) is 11.2 Å². The highest BCUT2D eigenvalue weighted by atomic mass is 79.9. The van der Waals surface area contributed by atoms with Gasteiger partial charge in [-0.3, -0.25) is 4.79 Å². The Labute approximate surface area is 111 Å². The fraction of sp³-hybridized carbons (Fsp3) is 0.500. The van der Waals surface area contributed by atoms with Crippen LogP contribution in [-0.4, -0.2) is 28.7 Å². The molecule has 1 aromatic rings. The largest absolute Gasteiger partial charge is 0.341 e. The van der Waals surface area contributed by atoms with Crippen LogP contribution in [0.4, 0.5) is 0 Å². The highest BCUT2D eigenvalue weighted by molar-refractivity contribution is 9.09. The summed E-state index contributed by atoms with van der Waals surface area (Å²) in [6.45, 7) is 3.97. The quantitative estimate of drug-likeness (QED) is 0.769. The van der Waals surface area contributed by atoms with Gasteiger partial charge in [-0.1, -0.05) is 53.2 Å². The number of piperidine rings is 1. The predicted octanol–water partition coefficient (Wildman–Crippen LogP) is 2.86. The van der Waals surface area contributed by atoms with E-state index in [1.54, 1.807) is 0 Å². The van der Waals surface area contributed by atoms with Crippen molar-refractivity contribution in [3.63, 3.8) is 0 Å². The van der Waals surface area contributed by atoms with Crippen molar-refractivity contribution < 1.29 is 4.79 Å². The maximum Gasteiger partial charge on any atom is 0.227 e. The number of rotatable bonds is 2. The molecule has 1 aliphatic heterocycles. The maximum absolute atomic E-state index is 12.1. The standard InChI is InChI=1S/C14H18BrNO/c1-11-7-8-16(10-13(11)15)14(17)9-12-5-3-2-4-6-12/h2-6,11,13H,7-10H2,1H3. The lowest BCUT2D eigenvalue weighted by atomic mass is 9.98. The van der Waals surface area contributed by atoms with Gasteiger partial charge in [-0.05, 0) is 17.9 Å². The molecule has 0 aromatic heterocycles. The van der Waals surface area contributed by atoms with Gasteiger partial charge < -0.3 is 4.90 Å². The number of carbonyl (C=O) groups excluding carboxylic acids is 1. The monoisotopic (exact) mass is 295 g/mol. The van der Waals surface area contributed by atoms with Gasteiger partial charge in [-0.25, -0.2) is 0 Å². The molecule has 2 unspecified atom stereocenters. The molecule has 0 spiro atoms. The van der Waals surface area contributed by atoms with Gasteiger partial charge in [-0.2, -0.15) is 0 Å². The van der Waals surface area contributed by atoms with Crippen molar-refractivity contribution in [3.05, 3.63) is 35.9 Å². The Morgan fingerprint density at radius 1 is 1.41 bits per heavy atom. The lowest BCUT2D eigenvalue weighted by molar-refractivity contribution is -0.131. The molecule has 3 heteroatoms. The predicted molar refractivity (Wildman–Crippen MR) is 73.2 cm³/mol. The van der Waals surface area contributed by atoms with Crippen molar-refractivity contribution in [1.29, 1.82) is 0 Å². The van der Waals surface area contributed by atoms with Crippen LogP contribution < -0.4 is 0 Å². The number of halogens is 1.